The van der Waals surface area contributed by atoms with Crippen molar-refractivity contribution in [3.8, 4) is 11.8 Å². The van der Waals surface area contributed by atoms with E-state index in [0.717, 1.165) is 0 Å². The molecule has 2 N–H and O–H groups in total. The summed E-state index contributed by atoms with van der Waals surface area (Å²) >= 11 is 0. The van der Waals surface area contributed by atoms with Crippen molar-refractivity contribution in [3.63, 3.8) is 0 Å². The van der Waals surface area contributed by atoms with E-state index < -0.39 is 0 Å². The van der Waals surface area contributed by atoms with Gasteiger partial charge in [0.05, 0.1) is 37.8 Å². The lowest BCUT2D eigenvalue weighted by Crippen LogP contribution is -2.35. The molecule has 0 radical (unpaired) electrons. The molecule has 1 rings (SSSR count). The zero-order valence-corrected chi connectivity index (χ0v) is 12.2. The van der Waals surface area contributed by atoms with Crippen LogP contribution in [-0.4, -0.2) is 44.2 Å². The van der Waals surface area contributed by atoms with Crippen LogP contribution in [-0.2, 0) is 9.53 Å². The first-order chi connectivity index (χ1) is 10.2. The number of hydrogen-bond acceptors (Lipinski definition) is 5. The highest BCUT2D eigenvalue weighted by atomic mass is 16.5. The number of methoxy groups -OCH3 is 1. The van der Waals surface area contributed by atoms with Crippen LogP contribution in [0.2, 0.25) is 0 Å². The number of nitrogens with zero attached hydrogens (tertiary/aromatic N) is 2. The van der Waals surface area contributed by atoms with Gasteiger partial charge >= 0.3 is 0 Å². The molecule has 0 heterocycles. The second-order valence-electron chi connectivity index (χ2n) is 4.42. The fourth-order valence-corrected chi connectivity index (χ4v) is 1.77. The van der Waals surface area contributed by atoms with E-state index in [0.29, 0.717) is 37.6 Å². The number of carbonyl (C=O) groups is 1. The molecule has 1 aromatic rings. The number of nitrogens with two attached hydrogens (primary N) is 1. The van der Waals surface area contributed by atoms with Crippen molar-refractivity contribution >= 4 is 11.6 Å². The van der Waals surface area contributed by atoms with Crippen LogP contribution in [0, 0.1) is 11.3 Å². The number of rotatable bonds is 9. The first kappa shape index (κ1) is 16.8. The summed E-state index contributed by atoms with van der Waals surface area (Å²) in [4.78, 5) is 13.7. The predicted octanol–water partition coefficient (Wildman–Crippen LogP) is 1.43. The third-order valence-electron chi connectivity index (χ3n) is 2.90. The summed E-state index contributed by atoms with van der Waals surface area (Å²) in [5.41, 5.74) is 6.30. The number of anilines is 1. The number of para-hydroxylation sites is 2. The number of hydrogen-bond donors (Lipinski definition) is 1. The third kappa shape index (κ3) is 6.15. The van der Waals surface area contributed by atoms with Crippen molar-refractivity contribution in [2.45, 2.75) is 12.8 Å². The monoisotopic (exact) mass is 291 g/mol. The first-order valence-electron chi connectivity index (χ1n) is 6.80. The Bertz CT molecular complexity index is 485. The minimum Gasteiger partial charge on any atom is -0.491 e. The van der Waals surface area contributed by atoms with E-state index in [2.05, 4.69) is 0 Å². The summed E-state index contributed by atoms with van der Waals surface area (Å²) in [5, 5.41) is 8.62. The van der Waals surface area contributed by atoms with Gasteiger partial charge in [0, 0.05) is 20.2 Å². The Balaban J connectivity index is 2.42. The topological polar surface area (TPSA) is 88.6 Å². The molecular formula is C15H21N3O3. The van der Waals surface area contributed by atoms with E-state index >= 15 is 0 Å². The normalized spacial score (nSPS) is 9.90. The second-order valence-corrected chi connectivity index (χ2v) is 4.42. The fourth-order valence-electron chi connectivity index (χ4n) is 1.77. The molecule has 6 nitrogen and oxygen atoms in total. The number of carbonyl (C=O) groups excluding carboxylic acids is 1. The number of ether oxygens (including phenoxy) is 2. The van der Waals surface area contributed by atoms with Gasteiger partial charge < -0.3 is 20.1 Å². The molecule has 0 aromatic heterocycles. The maximum absolute atomic E-state index is 12.1. The molecule has 0 unspecified atom stereocenters. The van der Waals surface area contributed by atoms with Crippen LogP contribution in [0.4, 0.5) is 5.69 Å². The van der Waals surface area contributed by atoms with Crippen LogP contribution in [0.3, 0.4) is 0 Å². The predicted molar refractivity (Wildman–Crippen MR) is 79.7 cm³/mol. The van der Waals surface area contributed by atoms with Gasteiger partial charge in [0.2, 0.25) is 5.91 Å². The molecule has 0 aliphatic rings. The van der Waals surface area contributed by atoms with Gasteiger partial charge in [0.15, 0.2) is 0 Å². The summed E-state index contributed by atoms with van der Waals surface area (Å²) in [6.45, 7) is 1.59. The number of benzene rings is 1. The Morgan fingerprint density at radius 3 is 2.76 bits per heavy atom. The number of nitrogen functional groups attached to an aromatic ring is 1. The zero-order chi connectivity index (χ0) is 15.5. The van der Waals surface area contributed by atoms with E-state index in [1.165, 1.54) is 0 Å². The Morgan fingerprint density at radius 2 is 2.10 bits per heavy atom. The zero-order valence-electron chi connectivity index (χ0n) is 12.2. The number of nitriles is 1. The van der Waals surface area contributed by atoms with E-state index in [4.69, 9.17) is 20.5 Å². The summed E-state index contributed by atoms with van der Waals surface area (Å²) in [6, 6.07) is 9.19. The highest BCUT2D eigenvalue weighted by molar-refractivity contribution is 5.76. The summed E-state index contributed by atoms with van der Waals surface area (Å²) in [7, 11) is 1.58. The quantitative estimate of drug-likeness (QED) is 0.695. The number of amides is 1. The third-order valence-corrected chi connectivity index (χ3v) is 2.90. The van der Waals surface area contributed by atoms with Gasteiger partial charge in [0.25, 0.3) is 0 Å². The summed E-state index contributed by atoms with van der Waals surface area (Å²) in [6.07, 6.45) is 0.547. The fraction of sp³-hybridized carbons (Fsp3) is 0.467. The van der Waals surface area contributed by atoms with Gasteiger partial charge in [0.1, 0.15) is 5.75 Å². The van der Waals surface area contributed by atoms with Crippen LogP contribution < -0.4 is 10.5 Å². The maximum atomic E-state index is 12.1. The largest absolute Gasteiger partial charge is 0.491 e. The van der Waals surface area contributed by atoms with Gasteiger partial charge in [-0.25, -0.2) is 0 Å². The van der Waals surface area contributed by atoms with Gasteiger partial charge in [-0.15, -0.1) is 0 Å². The Kier molecular flexibility index (Phi) is 7.69. The smallest absolute Gasteiger partial charge is 0.226 e. The highest BCUT2D eigenvalue weighted by Crippen LogP contribution is 2.19. The molecule has 0 saturated carbocycles. The maximum Gasteiger partial charge on any atom is 0.226 e. The van der Waals surface area contributed by atoms with Crippen molar-refractivity contribution in [2.75, 3.05) is 39.1 Å². The Morgan fingerprint density at radius 1 is 1.33 bits per heavy atom. The molecular weight excluding hydrogens is 270 g/mol. The van der Waals surface area contributed by atoms with Crippen molar-refractivity contribution < 1.29 is 14.3 Å². The summed E-state index contributed by atoms with van der Waals surface area (Å²) in [5.74, 6) is 0.516. The molecule has 0 spiro atoms. The van der Waals surface area contributed by atoms with Gasteiger partial charge in [-0.3, -0.25) is 4.79 Å². The molecule has 0 aliphatic heterocycles. The van der Waals surface area contributed by atoms with Gasteiger partial charge in [-0.1, -0.05) is 12.1 Å². The SMILES string of the molecule is COCCN(CCC#N)C(=O)CCOc1ccccc1N. The molecule has 0 atom stereocenters. The van der Waals surface area contributed by atoms with Crippen LogP contribution >= 0.6 is 0 Å². The van der Waals surface area contributed by atoms with Crippen LogP contribution in [0.25, 0.3) is 0 Å². The second kappa shape index (κ2) is 9.61. The first-order valence-corrected chi connectivity index (χ1v) is 6.80. The van der Waals surface area contributed by atoms with Gasteiger partial charge in [-0.2, -0.15) is 5.26 Å². The van der Waals surface area contributed by atoms with E-state index in [1.807, 2.05) is 18.2 Å². The molecule has 21 heavy (non-hydrogen) atoms. The average molecular weight is 291 g/mol. The van der Waals surface area contributed by atoms with Crippen LogP contribution in [0.5, 0.6) is 5.75 Å². The minimum atomic E-state index is -0.0585. The highest BCUT2D eigenvalue weighted by Gasteiger charge is 2.13. The van der Waals surface area contributed by atoms with Crippen molar-refractivity contribution in [3.05, 3.63) is 24.3 Å². The lowest BCUT2D eigenvalue weighted by atomic mass is 10.3. The molecule has 0 saturated heterocycles. The lowest BCUT2D eigenvalue weighted by molar-refractivity contribution is -0.132. The van der Waals surface area contributed by atoms with E-state index in [9.17, 15) is 4.79 Å². The van der Waals surface area contributed by atoms with E-state index in [1.54, 1.807) is 24.1 Å². The van der Waals surface area contributed by atoms with Crippen molar-refractivity contribution in [2.24, 2.45) is 0 Å². The Hall–Kier alpha value is -2.26. The standard InChI is InChI=1S/C15H21N3O3/c1-20-12-10-18(9-4-8-16)15(19)7-11-21-14-6-3-2-5-13(14)17/h2-3,5-6H,4,7,9-12,17H2,1H3. The van der Waals surface area contributed by atoms with E-state index in [-0.39, 0.29) is 18.9 Å². The van der Waals surface area contributed by atoms with Crippen molar-refractivity contribution in [1.82, 2.24) is 4.90 Å². The average Bonchev–Trinajstić information content (AvgIpc) is 2.49. The summed E-state index contributed by atoms with van der Waals surface area (Å²) < 4.78 is 10.5. The van der Waals surface area contributed by atoms with Crippen LogP contribution in [0.15, 0.2) is 24.3 Å². The Labute approximate surface area is 125 Å². The van der Waals surface area contributed by atoms with Crippen LogP contribution in [0.1, 0.15) is 12.8 Å². The molecule has 0 bridgehead atoms. The molecule has 1 aromatic carbocycles. The lowest BCUT2D eigenvalue weighted by Gasteiger charge is -2.21. The molecule has 6 heteroatoms. The molecule has 114 valence electrons. The molecule has 0 fully saturated rings. The minimum absolute atomic E-state index is 0.0585. The molecule has 1 amide bonds. The molecule has 0 aliphatic carbocycles. The van der Waals surface area contributed by atoms with Gasteiger partial charge in [-0.05, 0) is 12.1 Å². The van der Waals surface area contributed by atoms with Crippen molar-refractivity contribution in [1.29, 1.82) is 5.26 Å².